The Morgan fingerprint density at radius 2 is 0.921 bits per heavy atom. The van der Waals surface area contributed by atoms with Gasteiger partial charge in [0.15, 0.2) is 49.1 Å². The van der Waals surface area contributed by atoms with E-state index in [4.69, 9.17) is 42.5 Å². The Bertz CT molecular complexity index is 3670. The van der Waals surface area contributed by atoms with E-state index in [1.165, 1.54) is 90.0 Å². The lowest BCUT2D eigenvalue weighted by Crippen LogP contribution is -2.23. The van der Waals surface area contributed by atoms with Crippen molar-refractivity contribution < 1.29 is 42.5 Å². The average molecular weight is 1060 g/mol. The van der Waals surface area contributed by atoms with Crippen molar-refractivity contribution in [1.29, 1.82) is 0 Å². The molecule has 0 aliphatic carbocycles. The Balaban J connectivity index is 0.000000129. The molecule has 4 N–H and O–H groups in total. The molecule has 12 heterocycles. The maximum atomic E-state index is 11.8. The van der Waals surface area contributed by atoms with Crippen molar-refractivity contribution >= 4 is 0 Å². The van der Waals surface area contributed by atoms with Gasteiger partial charge in [-0.1, -0.05) is 10.3 Å². The second-order valence-corrected chi connectivity index (χ2v) is 14.3. The second kappa shape index (κ2) is 22.6. The molecule has 12 aromatic rings. The van der Waals surface area contributed by atoms with Gasteiger partial charge < -0.3 is 36.8 Å². The van der Waals surface area contributed by atoms with Gasteiger partial charge in [0, 0.05) is 88.6 Å². The number of H-pyrrole nitrogens is 4. The quantitative estimate of drug-likeness (QED) is 0.0750. The Kier molecular flexibility index (Phi) is 13.2. The van der Waals surface area contributed by atoms with Crippen LogP contribution in [0.4, 0.5) is 0 Å². The SMILES string of the molecule is [3H]n1ccc(OCc2occc2-n2nnn(C)c2=O)n1.[3H]n1ccc(OCc2ocnc2-n2nnn(C)c2=O)n1.[3H]n1ccc(OCc2oncc2-n2nnn(C)c2=O)n1.[3H]n1ccc(OCc2onnc2-n2nnn(C)c2=O)n1. The Labute approximate surface area is 422 Å². The van der Waals surface area contributed by atoms with Gasteiger partial charge in [0.25, 0.3) is 0 Å². The highest BCUT2D eigenvalue weighted by Gasteiger charge is 2.20. The van der Waals surface area contributed by atoms with Gasteiger partial charge >= 0.3 is 22.8 Å². The molecule has 0 unspecified atom stereocenters. The van der Waals surface area contributed by atoms with Crippen LogP contribution in [0.3, 0.4) is 0 Å². The smallest absolute Gasteiger partial charge is 0.369 e. The summed E-state index contributed by atoms with van der Waals surface area (Å²) in [7, 11) is 5.92. The van der Waals surface area contributed by atoms with E-state index in [2.05, 4.69) is 82.6 Å². The van der Waals surface area contributed by atoms with Gasteiger partial charge in [-0.05, 0) is 41.7 Å². The standard InChI is InChI=1S/C10H10N6O3.2C9H9N7O3.C8H8N8O3/c1-15-10(17)16(14-13-15)7-3-5-18-8(7)6-19-9-2-4-11-12-9;1-15-9(17)16(14-13-15)6-4-11-19-7(6)5-18-8-2-3-10-12-8;1-15-9(17)16(14-13-15)8-6(19-5-10-8)4-18-7-2-3-11-12-7;1-15-8(17)16(13-12-15)7-5(19-14-11-7)4-18-6-2-3-9-10-6/h2-5H,6H2,1H3,(H,11,12);2-4H,5H2,1H3,(H,10,12);2-3,5H,4H2,1H3,(H,11,12);2-3H,4H2,1H3,(H,9,10)/i/hT4. The summed E-state index contributed by atoms with van der Waals surface area (Å²) in [5.74, 6) is 2.52. The van der Waals surface area contributed by atoms with E-state index in [0.717, 1.165) is 57.8 Å². The third-order valence-corrected chi connectivity index (χ3v) is 9.41. The van der Waals surface area contributed by atoms with Crippen molar-refractivity contribution in [2.24, 2.45) is 28.2 Å². The molecule has 0 amide bonds. The number of aryl methyl sites for hydroxylation is 4. The molecule has 0 spiro atoms. The fraction of sp³-hybridized carbons (Fsp3) is 0.222. The number of tetrazole rings is 4. The zero-order chi connectivity index (χ0) is 56.5. The molecule has 0 radical (unpaired) electrons. The zero-order valence-corrected chi connectivity index (χ0v) is 39.2. The lowest BCUT2D eigenvalue weighted by Gasteiger charge is -2.01. The van der Waals surface area contributed by atoms with Crippen LogP contribution in [0, 0.1) is 0 Å². The van der Waals surface area contributed by atoms with Gasteiger partial charge in [0.2, 0.25) is 40.9 Å². The van der Waals surface area contributed by atoms with Crippen LogP contribution in [0.25, 0.3) is 23.0 Å². The highest BCUT2D eigenvalue weighted by atomic mass is 16.5. The first-order valence-electron chi connectivity index (χ1n) is 22.8. The molecule has 40 heteroatoms. The number of aromatic amines is 4. The monoisotopic (exact) mass is 1060 g/mol. The number of furan rings is 1. The number of nitrogens with one attached hydrogen (secondary N) is 4. The van der Waals surface area contributed by atoms with E-state index in [1.807, 2.05) is 0 Å². The number of oxazole rings is 1. The molecule has 0 aromatic carbocycles. The van der Waals surface area contributed by atoms with Gasteiger partial charge in [0.1, 0.15) is 18.0 Å². The lowest BCUT2D eigenvalue weighted by molar-refractivity contribution is 0.238. The predicted octanol–water partition coefficient (Wildman–Crippen LogP) is -2.98. The number of ether oxygens (including phenoxy) is 4. The number of hydrogen-bond donors (Lipinski definition) is 4. The maximum Gasteiger partial charge on any atom is 0.369 e. The molecule has 0 fully saturated rings. The van der Waals surface area contributed by atoms with Crippen LogP contribution in [-0.2, 0) is 54.6 Å². The zero-order valence-electron chi connectivity index (χ0n) is 43.2. The topological polar surface area (TPSA) is 467 Å². The molecule has 0 saturated heterocycles. The third-order valence-electron chi connectivity index (χ3n) is 9.41. The minimum absolute atomic E-state index is 0.00460. The van der Waals surface area contributed by atoms with E-state index < -0.39 is 17.1 Å². The van der Waals surface area contributed by atoms with Crippen molar-refractivity contribution in [1.82, 2.24) is 140 Å². The molecule has 12 aromatic heterocycles. The van der Waals surface area contributed by atoms with Crippen LogP contribution in [0.2, 0.25) is 5.65 Å². The fourth-order valence-corrected chi connectivity index (χ4v) is 5.73. The van der Waals surface area contributed by atoms with Crippen LogP contribution in [0.15, 0.2) is 111 Å². The number of rotatable bonds is 16. The Hall–Kier alpha value is -11.6. The summed E-state index contributed by atoms with van der Waals surface area (Å²) in [6.45, 7) is -0.0184. The fourth-order valence-electron chi connectivity index (χ4n) is 5.73. The van der Waals surface area contributed by atoms with E-state index in [1.54, 1.807) is 12.1 Å². The molecular weight excluding hydrogens is 1020 g/mol. The van der Waals surface area contributed by atoms with Crippen molar-refractivity contribution in [3.8, 4) is 46.5 Å². The third kappa shape index (κ3) is 11.3. The van der Waals surface area contributed by atoms with E-state index in [-0.39, 0.29) is 73.0 Å². The highest BCUT2D eigenvalue weighted by molar-refractivity contribution is 5.33. The Morgan fingerprint density at radius 1 is 0.487 bits per heavy atom. The average Bonchev–Trinajstić information content (AvgIpc) is 4.27. The number of nitrogens with zero attached hydrogens (tertiary/aromatic N) is 24. The summed E-state index contributed by atoms with van der Waals surface area (Å²) in [6.07, 6.45) is 9.63. The highest BCUT2D eigenvalue weighted by Crippen LogP contribution is 2.18. The molecule has 0 aliphatic heterocycles. The summed E-state index contributed by atoms with van der Waals surface area (Å²) in [5.41, 5.74) is -0.956. The molecule has 0 aliphatic rings. The summed E-state index contributed by atoms with van der Waals surface area (Å²) >= 11 is 0. The minimum Gasteiger partial charge on any atom is -0.468 e. The first kappa shape index (κ1) is 44.3. The minimum atomic E-state index is -0.489. The van der Waals surface area contributed by atoms with Gasteiger partial charge in [0.05, 0.1) is 12.5 Å². The first-order valence-corrected chi connectivity index (χ1v) is 21.0. The largest absolute Gasteiger partial charge is 0.468 e. The van der Waals surface area contributed by atoms with Gasteiger partial charge in [-0.3, -0.25) is 20.4 Å². The van der Waals surface area contributed by atoms with Crippen molar-refractivity contribution in [3.63, 3.8) is 0 Å². The van der Waals surface area contributed by atoms with Gasteiger partial charge in [-0.2, -0.15) is 33.1 Å². The van der Waals surface area contributed by atoms with Crippen molar-refractivity contribution in [2.45, 2.75) is 26.4 Å². The molecule has 12 rings (SSSR count). The van der Waals surface area contributed by atoms with E-state index in [9.17, 15) is 19.2 Å². The molecule has 392 valence electrons. The van der Waals surface area contributed by atoms with Gasteiger partial charge in [-0.25, -0.2) is 19.2 Å². The first-order chi connectivity index (χ1) is 38.6. The normalized spacial score (nSPS) is 11.5. The van der Waals surface area contributed by atoms with E-state index >= 15 is 0 Å². The molecule has 76 heavy (non-hydrogen) atoms. The van der Waals surface area contributed by atoms with Gasteiger partial charge in [-0.15, -0.1) is 29.8 Å². The van der Waals surface area contributed by atoms with Crippen LogP contribution >= 0.6 is 0 Å². The predicted molar refractivity (Wildman–Crippen MR) is 238 cm³/mol. The van der Waals surface area contributed by atoms with Crippen LogP contribution < -0.4 is 41.7 Å². The second-order valence-electron chi connectivity index (χ2n) is 14.3. The summed E-state index contributed by atoms with van der Waals surface area (Å²) < 4.78 is 78.9. The maximum absolute atomic E-state index is 11.8. The van der Waals surface area contributed by atoms with Crippen LogP contribution in [-0.4, -0.2) is 140 Å². The van der Waals surface area contributed by atoms with Crippen LogP contribution in [0.5, 0.6) is 23.5 Å². The van der Waals surface area contributed by atoms with E-state index in [0.29, 0.717) is 28.7 Å². The molecule has 0 bridgehead atoms. The molecule has 0 saturated carbocycles. The molecular formula is C36H36N28O12. The summed E-state index contributed by atoms with van der Waals surface area (Å²) in [5, 5.41) is 58.1. The lowest BCUT2D eigenvalue weighted by atomic mass is 10.4. The van der Waals surface area contributed by atoms with Crippen molar-refractivity contribution in [2.75, 3.05) is 0 Å². The van der Waals surface area contributed by atoms with Crippen molar-refractivity contribution in [3.05, 3.63) is 139 Å². The summed E-state index contributed by atoms with van der Waals surface area (Å²) in [6, 6.07) is 7.70. The molecule has 0 atom stereocenters. The number of aromatic nitrogens is 28. The Morgan fingerprint density at radius 3 is 1.38 bits per heavy atom. The van der Waals surface area contributed by atoms with Crippen LogP contribution in [0.1, 0.15) is 23.0 Å². The molecule has 40 nitrogen and oxygen atoms in total. The number of hydrogen-bond acceptors (Lipinski definition) is 28. The summed E-state index contributed by atoms with van der Waals surface area (Å²) in [4.78, 5) is 50.9.